The molecule has 7 heteroatoms. The minimum atomic E-state index is -0.107. The van der Waals surface area contributed by atoms with Crippen molar-refractivity contribution >= 4 is 11.9 Å². The van der Waals surface area contributed by atoms with Crippen molar-refractivity contribution in [3.8, 4) is 0 Å². The molecule has 1 aromatic carbocycles. The lowest BCUT2D eigenvalue weighted by atomic mass is 9.53. The quantitative estimate of drug-likeness (QED) is 0.489. The highest BCUT2D eigenvalue weighted by Crippen LogP contribution is 2.55. The molecule has 1 unspecified atom stereocenters. The standard InChI is InChI=1S/C31H41N3O4/c1-22-9-10-28(38-22)20-33(18-23-6-3-2-4-7-23)29(35)21-34(19-27-8-5-11-37-27)30(36)32-31-15-24-12-25(16-31)14-26(13-24)17-31/h2-4,6-7,9-10,24-27H,5,8,11-21H2,1H3,(H,32,36). The number of urea groups is 1. The maximum Gasteiger partial charge on any atom is 0.318 e. The lowest BCUT2D eigenvalue weighted by Gasteiger charge is -2.57. The zero-order valence-corrected chi connectivity index (χ0v) is 22.6. The van der Waals surface area contributed by atoms with Crippen LogP contribution in [0, 0.1) is 24.7 Å². The van der Waals surface area contributed by atoms with Gasteiger partial charge in [0.05, 0.1) is 12.6 Å². The van der Waals surface area contributed by atoms with E-state index >= 15 is 0 Å². The number of hydrogen-bond donors (Lipinski definition) is 1. The highest BCUT2D eigenvalue weighted by molar-refractivity contribution is 5.84. The van der Waals surface area contributed by atoms with E-state index < -0.39 is 0 Å². The summed E-state index contributed by atoms with van der Waals surface area (Å²) in [6, 6.07) is 13.7. The molecule has 5 aliphatic rings. The first kappa shape index (κ1) is 25.5. The van der Waals surface area contributed by atoms with Crippen molar-refractivity contribution in [2.24, 2.45) is 17.8 Å². The molecule has 4 bridgehead atoms. The molecule has 2 heterocycles. The fourth-order valence-electron chi connectivity index (χ4n) is 7.88. The minimum absolute atomic E-state index is 0.0137. The number of furan rings is 1. The lowest BCUT2D eigenvalue weighted by molar-refractivity contribution is -0.133. The maximum atomic E-state index is 13.9. The Kier molecular flexibility index (Phi) is 7.21. The van der Waals surface area contributed by atoms with Crippen molar-refractivity contribution in [2.45, 2.75) is 83.0 Å². The van der Waals surface area contributed by atoms with Crippen molar-refractivity contribution in [3.63, 3.8) is 0 Å². The van der Waals surface area contributed by atoms with E-state index in [0.29, 0.717) is 19.6 Å². The molecule has 1 N–H and O–H groups in total. The van der Waals surface area contributed by atoms with Crippen molar-refractivity contribution in [2.75, 3.05) is 19.7 Å². The third-order valence-electron chi connectivity index (χ3n) is 9.18. The number of ether oxygens (including phenoxy) is 1. The Morgan fingerprint density at radius 1 is 0.947 bits per heavy atom. The predicted octanol–water partition coefficient (Wildman–Crippen LogP) is 5.28. The van der Waals surface area contributed by atoms with Gasteiger partial charge in [0.2, 0.25) is 5.91 Å². The van der Waals surface area contributed by atoms with Gasteiger partial charge in [-0.1, -0.05) is 30.3 Å². The van der Waals surface area contributed by atoms with Crippen LogP contribution in [0.4, 0.5) is 4.79 Å². The average Bonchev–Trinajstić information content (AvgIpc) is 3.54. The Morgan fingerprint density at radius 3 is 2.26 bits per heavy atom. The fraction of sp³-hybridized carbons (Fsp3) is 0.613. The zero-order chi connectivity index (χ0) is 26.1. The first-order chi connectivity index (χ1) is 18.4. The normalized spacial score (nSPS) is 29.4. The molecule has 4 saturated carbocycles. The third kappa shape index (κ3) is 5.78. The van der Waals surface area contributed by atoms with Crippen molar-refractivity contribution in [1.29, 1.82) is 0 Å². The summed E-state index contributed by atoms with van der Waals surface area (Å²) in [7, 11) is 0. The highest BCUT2D eigenvalue weighted by Gasteiger charge is 2.52. The van der Waals surface area contributed by atoms with Crippen LogP contribution in [0.15, 0.2) is 46.9 Å². The summed E-state index contributed by atoms with van der Waals surface area (Å²) in [6.07, 6.45) is 9.16. The SMILES string of the molecule is Cc1ccc(CN(Cc2ccccc2)C(=O)CN(CC2CCCO2)C(=O)NC23CC4CC(CC(C4)C2)C3)o1. The van der Waals surface area contributed by atoms with Gasteiger partial charge in [0.1, 0.15) is 18.1 Å². The van der Waals surface area contributed by atoms with Crippen LogP contribution in [-0.2, 0) is 22.6 Å². The zero-order valence-electron chi connectivity index (χ0n) is 22.6. The second-order valence-electron chi connectivity index (χ2n) is 12.4. The number of carbonyl (C=O) groups is 2. The molecule has 38 heavy (non-hydrogen) atoms. The van der Waals surface area contributed by atoms with E-state index in [-0.39, 0.29) is 30.1 Å². The Balaban J connectivity index is 1.19. The molecule has 3 amide bonds. The summed E-state index contributed by atoms with van der Waals surface area (Å²) in [5, 5.41) is 3.49. The van der Waals surface area contributed by atoms with Crippen LogP contribution in [-0.4, -0.2) is 53.1 Å². The fourth-order valence-corrected chi connectivity index (χ4v) is 7.88. The summed E-state index contributed by atoms with van der Waals surface area (Å²) in [5.41, 5.74) is 0.951. The predicted molar refractivity (Wildman–Crippen MR) is 144 cm³/mol. The molecule has 7 rings (SSSR count). The van der Waals surface area contributed by atoms with Crippen LogP contribution < -0.4 is 5.32 Å². The number of hydrogen-bond acceptors (Lipinski definition) is 4. The van der Waals surface area contributed by atoms with Crippen LogP contribution in [0.3, 0.4) is 0 Å². The molecular weight excluding hydrogens is 478 g/mol. The molecule has 0 radical (unpaired) electrons. The third-order valence-corrected chi connectivity index (χ3v) is 9.18. The topological polar surface area (TPSA) is 75.0 Å². The first-order valence-corrected chi connectivity index (χ1v) is 14.5. The summed E-state index contributed by atoms with van der Waals surface area (Å²) >= 11 is 0. The van der Waals surface area contributed by atoms with Crippen molar-refractivity contribution in [1.82, 2.24) is 15.1 Å². The molecule has 4 aliphatic carbocycles. The Labute approximate surface area is 225 Å². The van der Waals surface area contributed by atoms with E-state index in [1.807, 2.05) is 49.4 Å². The number of nitrogens with one attached hydrogen (secondary N) is 1. The van der Waals surface area contributed by atoms with Gasteiger partial charge < -0.3 is 24.3 Å². The van der Waals surface area contributed by atoms with Crippen LogP contribution in [0.2, 0.25) is 0 Å². The van der Waals surface area contributed by atoms with Crippen LogP contribution in [0.25, 0.3) is 0 Å². The number of amides is 3. The maximum absolute atomic E-state index is 13.9. The minimum Gasteiger partial charge on any atom is -0.464 e. The van der Waals surface area contributed by atoms with Gasteiger partial charge in [-0.15, -0.1) is 0 Å². The van der Waals surface area contributed by atoms with Gasteiger partial charge in [0, 0.05) is 25.2 Å². The molecule has 1 atom stereocenters. The molecule has 7 nitrogen and oxygen atoms in total. The van der Waals surface area contributed by atoms with Gasteiger partial charge in [0.25, 0.3) is 0 Å². The van der Waals surface area contributed by atoms with Gasteiger partial charge in [-0.05, 0) is 93.7 Å². The second kappa shape index (κ2) is 10.8. The monoisotopic (exact) mass is 519 g/mol. The molecule has 0 spiro atoms. The molecule has 5 fully saturated rings. The second-order valence-corrected chi connectivity index (χ2v) is 12.4. The Bertz CT molecular complexity index is 1090. The van der Waals surface area contributed by atoms with Crippen molar-refractivity contribution < 1.29 is 18.7 Å². The summed E-state index contributed by atoms with van der Waals surface area (Å²) in [4.78, 5) is 31.2. The van der Waals surface area contributed by atoms with Gasteiger partial charge >= 0.3 is 6.03 Å². The van der Waals surface area contributed by atoms with Crippen molar-refractivity contribution in [3.05, 3.63) is 59.5 Å². The Hall–Kier alpha value is -2.80. The highest BCUT2D eigenvalue weighted by atomic mass is 16.5. The van der Waals surface area contributed by atoms with Crippen LogP contribution in [0.1, 0.15) is 68.5 Å². The average molecular weight is 520 g/mol. The van der Waals surface area contributed by atoms with E-state index in [4.69, 9.17) is 9.15 Å². The molecular formula is C31H41N3O4. The molecule has 1 aliphatic heterocycles. The van der Waals surface area contributed by atoms with E-state index in [0.717, 1.165) is 73.5 Å². The number of nitrogens with zero attached hydrogens (tertiary/aromatic N) is 2. The van der Waals surface area contributed by atoms with E-state index in [2.05, 4.69) is 5.32 Å². The Morgan fingerprint density at radius 2 is 1.66 bits per heavy atom. The van der Waals surface area contributed by atoms with E-state index in [9.17, 15) is 9.59 Å². The lowest BCUT2D eigenvalue weighted by Crippen LogP contribution is -2.62. The van der Waals surface area contributed by atoms with E-state index in [1.165, 1.54) is 19.3 Å². The summed E-state index contributed by atoms with van der Waals surface area (Å²) in [5.74, 6) is 3.72. The number of aryl methyl sites for hydroxylation is 1. The smallest absolute Gasteiger partial charge is 0.318 e. The van der Waals surface area contributed by atoms with Gasteiger partial charge in [-0.3, -0.25) is 4.79 Å². The molecule has 2 aromatic rings. The van der Waals surface area contributed by atoms with E-state index in [1.54, 1.807) is 9.80 Å². The molecule has 204 valence electrons. The van der Waals surface area contributed by atoms with Crippen LogP contribution >= 0.6 is 0 Å². The summed E-state index contributed by atoms with van der Waals surface area (Å²) in [6.45, 7) is 3.94. The van der Waals surface area contributed by atoms with Gasteiger partial charge in [0.15, 0.2) is 0 Å². The molecule has 1 aromatic heterocycles. The summed E-state index contributed by atoms with van der Waals surface area (Å²) < 4.78 is 11.7. The number of rotatable bonds is 9. The largest absolute Gasteiger partial charge is 0.464 e. The number of benzene rings is 1. The van der Waals surface area contributed by atoms with Gasteiger partial charge in [-0.25, -0.2) is 4.79 Å². The first-order valence-electron chi connectivity index (χ1n) is 14.5. The van der Waals surface area contributed by atoms with Gasteiger partial charge in [-0.2, -0.15) is 0 Å². The molecule has 1 saturated heterocycles. The number of carbonyl (C=O) groups excluding carboxylic acids is 2. The van der Waals surface area contributed by atoms with Crippen LogP contribution in [0.5, 0.6) is 0 Å².